The minimum Gasteiger partial charge on any atom is -0.494 e. The van der Waals surface area contributed by atoms with Gasteiger partial charge in [0.05, 0.1) is 6.61 Å². The molecule has 0 unspecified atom stereocenters. The summed E-state index contributed by atoms with van der Waals surface area (Å²) in [6, 6.07) is 4.17. The molecule has 1 aliphatic heterocycles. The van der Waals surface area contributed by atoms with Crippen LogP contribution in [-0.2, 0) is 17.8 Å². The molecule has 0 aromatic heterocycles. The van der Waals surface area contributed by atoms with Crippen LogP contribution in [0, 0.1) is 5.92 Å². The minimum atomic E-state index is 0.0235. The molecule has 0 spiro atoms. The summed E-state index contributed by atoms with van der Waals surface area (Å²) < 4.78 is 11.6. The first-order valence-electron chi connectivity index (χ1n) is 8.45. The summed E-state index contributed by atoms with van der Waals surface area (Å²) in [5, 5.41) is 6.25. The number of carbonyl (C=O) groups excluding carboxylic acids is 1. The largest absolute Gasteiger partial charge is 0.494 e. The zero-order valence-corrected chi connectivity index (χ0v) is 14.6. The summed E-state index contributed by atoms with van der Waals surface area (Å²) >= 11 is 0. The highest BCUT2D eigenvalue weighted by molar-refractivity contribution is 5.77. The fraction of sp³-hybridized carbons (Fsp3) is 0.611. The van der Waals surface area contributed by atoms with Gasteiger partial charge in [-0.2, -0.15) is 0 Å². The zero-order chi connectivity index (χ0) is 16.8. The van der Waals surface area contributed by atoms with Crippen molar-refractivity contribution in [1.82, 2.24) is 10.6 Å². The molecule has 1 aromatic rings. The topological polar surface area (TPSA) is 59.6 Å². The van der Waals surface area contributed by atoms with Gasteiger partial charge in [0.1, 0.15) is 17.6 Å². The van der Waals surface area contributed by atoms with E-state index < -0.39 is 0 Å². The summed E-state index contributed by atoms with van der Waals surface area (Å²) in [7, 11) is 0. The Kier molecular flexibility index (Phi) is 6.28. The third kappa shape index (κ3) is 4.86. The van der Waals surface area contributed by atoms with Crippen LogP contribution in [0.4, 0.5) is 0 Å². The van der Waals surface area contributed by atoms with Crippen LogP contribution in [0.5, 0.6) is 11.5 Å². The standard InChI is InChI=1S/C18H28N2O3/c1-5-22-16-9-14-8-13(4)23-17(14)10-15(16)11-19-6-7-20-18(21)12(2)3/h9-10,12-13,19H,5-8,11H2,1-4H3,(H,20,21)/t13-/m0/s1. The zero-order valence-electron chi connectivity index (χ0n) is 14.6. The number of benzene rings is 1. The smallest absolute Gasteiger partial charge is 0.222 e. The number of hydrogen-bond acceptors (Lipinski definition) is 4. The fourth-order valence-corrected chi connectivity index (χ4v) is 2.61. The van der Waals surface area contributed by atoms with Gasteiger partial charge in [-0.1, -0.05) is 13.8 Å². The van der Waals surface area contributed by atoms with Crippen LogP contribution in [-0.4, -0.2) is 31.7 Å². The monoisotopic (exact) mass is 320 g/mol. The normalized spacial score (nSPS) is 16.1. The maximum Gasteiger partial charge on any atom is 0.222 e. The highest BCUT2D eigenvalue weighted by atomic mass is 16.5. The molecular weight excluding hydrogens is 292 g/mol. The molecule has 1 aliphatic rings. The van der Waals surface area contributed by atoms with Crippen LogP contribution in [0.1, 0.15) is 38.8 Å². The van der Waals surface area contributed by atoms with Crippen LogP contribution in [0.25, 0.3) is 0 Å². The molecular formula is C18H28N2O3. The van der Waals surface area contributed by atoms with E-state index >= 15 is 0 Å². The van der Waals surface area contributed by atoms with Gasteiger partial charge in [-0.15, -0.1) is 0 Å². The van der Waals surface area contributed by atoms with Gasteiger partial charge in [-0.3, -0.25) is 4.79 Å². The van der Waals surface area contributed by atoms with Gasteiger partial charge < -0.3 is 20.1 Å². The van der Waals surface area contributed by atoms with Crippen molar-refractivity contribution < 1.29 is 14.3 Å². The summed E-state index contributed by atoms with van der Waals surface area (Å²) in [6.07, 6.45) is 1.17. The molecule has 0 fully saturated rings. The Balaban J connectivity index is 1.89. The van der Waals surface area contributed by atoms with E-state index in [4.69, 9.17) is 9.47 Å². The van der Waals surface area contributed by atoms with Crippen LogP contribution in [0.3, 0.4) is 0 Å². The van der Waals surface area contributed by atoms with Gasteiger partial charge in [-0.05, 0) is 26.0 Å². The summed E-state index contributed by atoms with van der Waals surface area (Å²) in [4.78, 5) is 11.5. The van der Waals surface area contributed by atoms with Gasteiger partial charge >= 0.3 is 0 Å². The van der Waals surface area contributed by atoms with E-state index in [1.807, 2.05) is 20.8 Å². The van der Waals surface area contributed by atoms with Crippen LogP contribution < -0.4 is 20.1 Å². The van der Waals surface area contributed by atoms with E-state index in [0.717, 1.165) is 30.0 Å². The summed E-state index contributed by atoms with van der Waals surface area (Å²) in [5.74, 6) is 1.99. The van der Waals surface area contributed by atoms with Crippen molar-refractivity contribution in [1.29, 1.82) is 0 Å². The average molecular weight is 320 g/mol. The first kappa shape index (κ1) is 17.6. The Labute approximate surface area is 138 Å². The van der Waals surface area contributed by atoms with Gasteiger partial charge in [0.15, 0.2) is 0 Å². The van der Waals surface area contributed by atoms with Gasteiger partial charge in [-0.25, -0.2) is 0 Å². The van der Waals surface area contributed by atoms with E-state index in [-0.39, 0.29) is 17.9 Å². The predicted molar refractivity (Wildman–Crippen MR) is 91.0 cm³/mol. The third-order valence-corrected chi connectivity index (χ3v) is 3.82. The van der Waals surface area contributed by atoms with E-state index in [0.29, 0.717) is 19.7 Å². The van der Waals surface area contributed by atoms with Crippen LogP contribution in [0.15, 0.2) is 12.1 Å². The van der Waals surface area contributed by atoms with Crippen molar-refractivity contribution in [3.63, 3.8) is 0 Å². The van der Waals surface area contributed by atoms with Gasteiger partial charge in [0.2, 0.25) is 5.91 Å². The molecule has 0 aliphatic carbocycles. The maximum absolute atomic E-state index is 11.5. The molecule has 1 atom stereocenters. The Morgan fingerprint density at radius 2 is 2.17 bits per heavy atom. The lowest BCUT2D eigenvalue weighted by Crippen LogP contribution is -2.34. The lowest BCUT2D eigenvalue weighted by molar-refractivity contribution is -0.123. The number of carbonyl (C=O) groups is 1. The molecule has 2 rings (SSSR count). The van der Waals surface area contributed by atoms with Crippen LogP contribution >= 0.6 is 0 Å². The molecule has 0 bridgehead atoms. The number of nitrogens with one attached hydrogen (secondary N) is 2. The number of fused-ring (bicyclic) bond motifs is 1. The molecule has 1 heterocycles. The number of hydrogen-bond donors (Lipinski definition) is 2. The fourth-order valence-electron chi connectivity index (χ4n) is 2.61. The summed E-state index contributed by atoms with van der Waals surface area (Å²) in [6.45, 7) is 10.5. The lowest BCUT2D eigenvalue weighted by atomic mass is 10.1. The van der Waals surface area contributed by atoms with Crippen molar-refractivity contribution in [3.05, 3.63) is 23.3 Å². The molecule has 23 heavy (non-hydrogen) atoms. The Hall–Kier alpha value is -1.75. The van der Waals surface area contributed by atoms with E-state index in [9.17, 15) is 4.79 Å². The van der Waals surface area contributed by atoms with Crippen molar-refractivity contribution >= 4 is 5.91 Å². The first-order valence-corrected chi connectivity index (χ1v) is 8.45. The highest BCUT2D eigenvalue weighted by Gasteiger charge is 2.21. The quantitative estimate of drug-likeness (QED) is 0.722. The predicted octanol–water partition coefficient (Wildman–Crippen LogP) is 2.27. The number of rotatable bonds is 8. The number of ether oxygens (including phenoxy) is 2. The van der Waals surface area contributed by atoms with Crippen molar-refractivity contribution in [2.24, 2.45) is 5.92 Å². The summed E-state index contributed by atoms with van der Waals surface area (Å²) in [5.41, 5.74) is 2.31. The average Bonchev–Trinajstić information content (AvgIpc) is 2.85. The molecule has 0 saturated heterocycles. The molecule has 1 amide bonds. The first-order chi connectivity index (χ1) is 11.0. The number of amides is 1. The Morgan fingerprint density at radius 1 is 1.39 bits per heavy atom. The van der Waals surface area contributed by atoms with E-state index in [1.54, 1.807) is 0 Å². The van der Waals surface area contributed by atoms with Crippen molar-refractivity contribution in [2.45, 2.75) is 46.8 Å². The van der Waals surface area contributed by atoms with Crippen molar-refractivity contribution in [2.75, 3.05) is 19.7 Å². The van der Waals surface area contributed by atoms with Crippen LogP contribution in [0.2, 0.25) is 0 Å². The molecule has 5 heteroatoms. The Bertz CT molecular complexity index is 543. The second-order valence-corrected chi connectivity index (χ2v) is 6.26. The van der Waals surface area contributed by atoms with Gasteiger partial charge in [0, 0.05) is 43.1 Å². The highest BCUT2D eigenvalue weighted by Crippen LogP contribution is 2.35. The lowest BCUT2D eigenvalue weighted by Gasteiger charge is -2.14. The van der Waals surface area contributed by atoms with Crippen molar-refractivity contribution in [3.8, 4) is 11.5 Å². The maximum atomic E-state index is 11.5. The molecule has 1 aromatic carbocycles. The Morgan fingerprint density at radius 3 is 2.87 bits per heavy atom. The van der Waals surface area contributed by atoms with E-state index in [2.05, 4.69) is 29.7 Å². The SMILES string of the molecule is CCOc1cc2c(cc1CNCCNC(=O)C(C)C)O[C@@H](C)C2. The second-order valence-electron chi connectivity index (χ2n) is 6.26. The molecule has 5 nitrogen and oxygen atoms in total. The molecule has 0 radical (unpaired) electrons. The third-order valence-electron chi connectivity index (χ3n) is 3.82. The molecule has 0 saturated carbocycles. The van der Waals surface area contributed by atoms with E-state index in [1.165, 1.54) is 5.56 Å². The van der Waals surface area contributed by atoms with Gasteiger partial charge in [0.25, 0.3) is 0 Å². The molecule has 2 N–H and O–H groups in total. The minimum absolute atomic E-state index is 0.0235. The molecule has 128 valence electrons. The second kappa shape index (κ2) is 8.20.